The van der Waals surface area contributed by atoms with Crippen molar-refractivity contribution in [3.05, 3.63) is 0 Å². The van der Waals surface area contributed by atoms with E-state index in [9.17, 15) is 4.79 Å². The zero-order valence-corrected chi connectivity index (χ0v) is 7.53. The summed E-state index contributed by atoms with van der Waals surface area (Å²) in [6, 6.07) is -0.386. The van der Waals surface area contributed by atoms with Crippen molar-refractivity contribution in [1.29, 1.82) is 0 Å². The van der Waals surface area contributed by atoms with E-state index in [4.69, 9.17) is 9.84 Å². The molecule has 2 N–H and O–H groups in total. The number of carboxylic acid groups (broad SMARTS) is 1. The maximum absolute atomic E-state index is 10.9. The molecule has 74 valence electrons. The summed E-state index contributed by atoms with van der Waals surface area (Å²) in [5, 5.41) is 11.9. The molecule has 0 aliphatic carbocycles. The Morgan fingerprint density at radius 3 is 2.92 bits per heavy atom. The highest BCUT2D eigenvalue weighted by molar-refractivity contribution is 5.74. The van der Waals surface area contributed by atoms with Crippen LogP contribution in [0.25, 0.3) is 0 Å². The Labute approximate surface area is 77.3 Å². The van der Waals surface area contributed by atoms with Gasteiger partial charge in [-0.25, -0.2) is 0 Å². The van der Waals surface area contributed by atoms with Gasteiger partial charge in [0.25, 0.3) is 0 Å². The average Bonchev–Trinajstić information content (AvgIpc) is 2.74. The lowest BCUT2D eigenvalue weighted by Crippen LogP contribution is -2.40. The number of hydrogen-bond acceptors (Lipinski definition) is 3. The molecule has 0 aromatic carbocycles. The van der Waals surface area contributed by atoms with E-state index in [0.717, 1.165) is 32.4 Å². The van der Waals surface area contributed by atoms with Crippen LogP contribution >= 0.6 is 0 Å². The topological polar surface area (TPSA) is 58.6 Å². The first kappa shape index (κ1) is 8.97. The van der Waals surface area contributed by atoms with Crippen LogP contribution in [-0.4, -0.2) is 36.4 Å². The molecule has 13 heavy (non-hydrogen) atoms. The predicted octanol–water partition coefficient (Wildman–Crippen LogP) is 0.228. The molecule has 0 unspecified atom stereocenters. The Morgan fingerprint density at radius 2 is 2.31 bits per heavy atom. The molecule has 4 heteroatoms. The molecule has 3 atom stereocenters. The molecule has 2 fully saturated rings. The Kier molecular flexibility index (Phi) is 2.51. The van der Waals surface area contributed by atoms with Gasteiger partial charge in [-0.1, -0.05) is 0 Å². The third kappa shape index (κ3) is 1.69. The maximum atomic E-state index is 10.9. The van der Waals surface area contributed by atoms with E-state index < -0.39 is 5.97 Å². The molecule has 0 bridgehead atoms. The lowest BCUT2D eigenvalue weighted by Gasteiger charge is -2.21. The van der Waals surface area contributed by atoms with Gasteiger partial charge in [-0.15, -0.1) is 0 Å². The van der Waals surface area contributed by atoms with Crippen molar-refractivity contribution in [2.75, 3.05) is 13.2 Å². The second-order valence-corrected chi connectivity index (χ2v) is 3.77. The molecule has 0 aromatic rings. The first-order valence-corrected chi connectivity index (χ1v) is 4.87. The van der Waals surface area contributed by atoms with Crippen LogP contribution in [0.1, 0.15) is 19.3 Å². The summed E-state index contributed by atoms with van der Waals surface area (Å²) in [6.45, 7) is 1.61. The van der Waals surface area contributed by atoms with Crippen LogP contribution in [0.2, 0.25) is 0 Å². The highest BCUT2D eigenvalue weighted by Crippen LogP contribution is 2.28. The molecule has 2 rings (SSSR count). The Morgan fingerprint density at radius 1 is 1.46 bits per heavy atom. The number of carboxylic acids is 1. The van der Waals surface area contributed by atoms with E-state index in [-0.39, 0.29) is 18.1 Å². The van der Waals surface area contributed by atoms with Gasteiger partial charge < -0.3 is 15.2 Å². The monoisotopic (exact) mass is 185 g/mol. The number of aliphatic carboxylic acids is 1. The lowest BCUT2D eigenvalue weighted by atomic mass is 9.92. The highest BCUT2D eigenvalue weighted by Gasteiger charge is 2.39. The summed E-state index contributed by atoms with van der Waals surface area (Å²) in [5.74, 6) is -0.557. The fraction of sp³-hybridized carbons (Fsp3) is 0.889. The first-order valence-electron chi connectivity index (χ1n) is 4.87. The van der Waals surface area contributed by atoms with E-state index in [1.54, 1.807) is 0 Å². The zero-order chi connectivity index (χ0) is 9.26. The zero-order valence-electron chi connectivity index (χ0n) is 7.53. The number of hydrogen-bond donors (Lipinski definition) is 2. The van der Waals surface area contributed by atoms with Gasteiger partial charge in [0.15, 0.2) is 0 Å². The van der Waals surface area contributed by atoms with Crippen molar-refractivity contribution in [2.24, 2.45) is 5.92 Å². The molecule has 0 aromatic heterocycles. The molecule has 0 spiro atoms. The third-order valence-corrected chi connectivity index (χ3v) is 2.98. The van der Waals surface area contributed by atoms with Crippen molar-refractivity contribution < 1.29 is 14.6 Å². The normalized spacial score (nSPS) is 39.5. The van der Waals surface area contributed by atoms with Crippen molar-refractivity contribution in [3.63, 3.8) is 0 Å². The molecule has 4 nitrogen and oxygen atoms in total. The molecular weight excluding hydrogens is 170 g/mol. The van der Waals surface area contributed by atoms with Crippen LogP contribution in [0, 0.1) is 5.92 Å². The van der Waals surface area contributed by atoms with Crippen molar-refractivity contribution >= 4 is 5.97 Å². The minimum atomic E-state index is -0.738. The molecule has 0 saturated carbocycles. The van der Waals surface area contributed by atoms with Crippen LogP contribution in [-0.2, 0) is 9.53 Å². The molecule has 2 aliphatic heterocycles. The SMILES string of the molecule is O=C(O)[C@@H]1NCC[C@H]1[C@@H]1CCCO1. The van der Waals surface area contributed by atoms with E-state index >= 15 is 0 Å². The molecule has 2 heterocycles. The summed E-state index contributed by atoms with van der Waals surface area (Å²) >= 11 is 0. The van der Waals surface area contributed by atoms with Gasteiger partial charge in [0.2, 0.25) is 0 Å². The fourth-order valence-electron chi connectivity index (χ4n) is 2.33. The van der Waals surface area contributed by atoms with Crippen LogP contribution in [0.4, 0.5) is 0 Å². The Bertz CT molecular complexity index is 201. The summed E-state index contributed by atoms with van der Waals surface area (Å²) in [4.78, 5) is 10.9. The van der Waals surface area contributed by atoms with Gasteiger partial charge in [0.1, 0.15) is 6.04 Å². The van der Waals surface area contributed by atoms with E-state index in [1.165, 1.54) is 0 Å². The largest absolute Gasteiger partial charge is 0.480 e. The fourth-order valence-corrected chi connectivity index (χ4v) is 2.33. The van der Waals surface area contributed by atoms with Gasteiger partial charge >= 0.3 is 5.97 Å². The van der Waals surface area contributed by atoms with E-state index in [2.05, 4.69) is 5.32 Å². The van der Waals surface area contributed by atoms with Crippen LogP contribution in [0.3, 0.4) is 0 Å². The number of carbonyl (C=O) groups is 1. The number of rotatable bonds is 2. The summed E-state index contributed by atoms with van der Waals surface area (Å²) in [6.07, 6.45) is 3.21. The number of ether oxygens (including phenoxy) is 1. The minimum Gasteiger partial charge on any atom is -0.480 e. The van der Waals surface area contributed by atoms with Gasteiger partial charge in [0.05, 0.1) is 6.10 Å². The van der Waals surface area contributed by atoms with E-state index in [1.807, 2.05) is 0 Å². The van der Waals surface area contributed by atoms with Crippen LogP contribution in [0.5, 0.6) is 0 Å². The molecular formula is C9H15NO3. The van der Waals surface area contributed by atoms with Gasteiger partial charge in [-0.05, 0) is 25.8 Å². The third-order valence-electron chi connectivity index (χ3n) is 2.98. The van der Waals surface area contributed by atoms with Gasteiger partial charge in [-0.2, -0.15) is 0 Å². The molecule has 2 saturated heterocycles. The Hall–Kier alpha value is -0.610. The second kappa shape index (κ2) is 3.64. The quantitative estimate of drug-likeness (QED) is 0.646. The highest BCUT2D eigenvalue weighted by atomic mass is 16.5. The second-order valence-electron chi connectivity index (χ2n) is 3.77. The maximum Gasteiger partial charge on any atom is 0.321 e. The van der Waals surface area contributed by atoms with Crippen molar-refractivity contribution in [1.82, 2.24) is 5.32 Å². The summed E-state index contributed by atoms with van der Waals surface area (Å²) in [7, 11) is 0. The van der Waals surface area contributed by atoms with Gasteiger partial charge in [-0.3, -0.25) is 4.79 Å². The summed E-state index contributed by atoms with van der Waals surface area (Å²) < 4.78 is 5.51. The standard InChI is InChI=1S/C9H15NO3/c11-9(12)8-6(3-4-10-8)7-2-1-5-13-7/h6-8,10H,1-5H2,(H,11,12)/t6-,7-,8+/m0/s1. The summed E-state index contributed by atoms with van der Waals surface area (Å²) in [5.41, 5.74) is 0. The minimum absolute atomic E-state index is 0.177. The molecule has 0 amide bonds. The Balaban J connectivity index is 2.00. The smallest absolute Gasteiger partial charge is 0.321 e. The lowest BCUT2D eigenvalue weighted by molar-refractivity contribution is -0.141. The van der Waals surface area contributed by atoms with Crippen LogP contribution in [0.15, 0.2) is 0 Å². The van der Waals surface area contributed by atoms with Gasteiger partial charge in [0, 0.05) is 12.5 Å². The first-order chi connectivity index (χ1) is 6.29. The van der Waals surface area contributed by atoms with Crippen molar-refractivity contribution in [2.45, 2.75) is 31.4 Å². The predicted molar refractivity (Wildman–Crippen MR) is 46.5 cm³/mol. The van der Waals surface area contributed by atoms with Crippen molar-refractivity contribution in [3.8, 4) is 0 Å². The molecule has 2 aliphatic rings. The van der Waals surface area contributed by atoms with E-state index in [0.29, 0.717) is 0 Å². The number of nitrogens with one attached hydrogen (secondary N) is 1. The molecule has 0 radical (unpaired) electrons. The average molecular weight is 185 g/mol. The van der Waals surface area contributed by atoms with Crippen LogP contribution < -0.4 is 5.32 Å².